The molecule has 2 heteroatoms. The summed E-state index contributed by atoms with van der Waals surface area (Å²) in [5.74, 6) is 2.26. The average molecular weight is 232 g/mol. The van der Waals surface area contributed by atoms with Crippen molar-refractivity contribution in [2.75, 3.05) is 7.11 Å². The van der Waals surface area contributed by atoms with E-state index in [0.29, 0.717) is 5.92 Å². The molecule has 17 heavy (non-hydrogen) atoms. The second kappa shape index (κ2) is 3.74. The summed E-state index contributed by atoms with van der Waals surface area (Å²) in [4.78, 5) is 0. The van der Waals surface area contributed by atoms with Crippen molar-refractivity contribution in [3.05, 3.63) is 29.3 Å². The van der Waals surface area contributed by atoms with E-state index in [1.165, 1.54) is 18.4 Å². The minimum Gasteiger partial charge on any atom is -0.496 e. The molecule has 0 spiro atoms. The number of hydrogen-bond acceptors (Lipinski definition) is 2. The lowest BCUT2D eigenvalue weighted by atomic mass is 9.88. The van der Waals surface area contributed by atoms with Crippen LogP contribution in [-0.2, 0) is 6.42 Å². The molecule has 3 rings (SSSR count). The lowest BCUT2D eigenvalue weighted by Crippen LogP contribution is -2.31. The first-order valence-electron chi connectivity index (χ1n) is 6.48. The summed E-state index contributed by atoms with van der Waals surface area (Å²) in [5.41, 5.74) is 1.92. The van der Waals surface area contributed by atoms with Crippen LogP contribution in [0, 0.1) is 18.8 Å². The summed E-state index contributed by atoms with van der Waals surface area (Å²) >= 11 is 0. The van der Waals surface area contributed by atoms with Crippen LogP contribution in [0.2, 0.25) is 0 Å². The van der Waals surface area contributed by atoms with Crippen LogP contribution in [-0.4, -0.2) is 17.8 Å². The van der Waals surface area contributed by atoms with Gasteiger partial charge in [0.25, 0.3) is 0 Å². The zero-order valence-electron chi connectivity index (χ0n) is 10.6. The number of aryl methyl sites for hydroxylation is 1. The summed E-state index contributed by atoms with van der Waals surface area (Å²) in [6.45, 7) is 2.08. The minimum atomic E-state index is -0.467. The highest BCUT2D eigenvalue weighted by Gasteiger charge is 2.56. The monoisotopic (exact) mass is 232 g/mol. The summed E-state index contributed by atoms with van der Waals surface area (Å²) in [6.07, 6.45) is 4.14. The molecule has 1 N–H and O–H groups in total. The van der Waals surface area contributed by atoms with Crippen LogP contribution in [0.25, 0.3) is 0 Å². The van der Waals surface area contributed by atoms with Crippen molar-refractivity contribution in [1.29, 1.82) is 0 Å². The van der Waals surface area contributed by atoms with Gasteiger partial charge in [-0.2, -0.15) is 0 Å². The summed E-state index contributed by atoms with van der Waals surface area (Å²) in [5, 5.41) is 10.7. The Bertz CT molecular complexity index is 441. The van der Waals surface area contributed by atoms with Crippen molar-refractivity contribution in [1.82, 2.24) is 0 Å². The summed E-state index contributed by atoms with van der Waals surface area (Å²) in [7, 11) is 1.70. The Morgan fingerprint density at radius 3 is 2.88 bits per heavy atom. The van der Waals surface area contributed by atoms with E-state index >= 15 is 0 Å². The molecule has 0 heterocycles. The molecule has 1 aromatic carbocycles. The van der Waals surface area contributed by atoms with Crippen LogP contribution >= 0.6 is 0 Å². The molecule has 0 radical (unpaired) electrons. The molecule has 2 aliphatic carbocycles. The van der Waals surface area contributed by atoms with Gasteiger partial charge in [0.15, 0.2) is 0 Å². The molecule has 0 saturated heterocycles. The number of ether oxygens (including phenoxy) is 1. The maximum Gasteiger partial charge on any atom is 0.122 e. The first kappa shape index (κ1) is 11.1. The average Bonchev–Trinajstić information content (AvgIpc) is 3.01. The van der Waals surface area contributed by atoms with Crippen LogP contribution in [0.1, 0.15) is 30.4 Å². The number of methoxy groups -OCH3 is 1. The molecule has 3 unspecified atom stereocenters. The normalized spacial score (nSPS) is 34.5. The zero-order valence-corrected chi connectivity index (χ0v) is 10.6. The van der Waals surface area contributed by atoms with Gasteiger partial charge >= 0.3 is 0 Å². The highest BCUT2D eigenvalue weighted by atomic mass is 16.5. The lowest BCUT2D eigenvalue weighted by molar-refractivity contribution is 0.0248. The Hall–Kier alpha value is -1.02. The van der Waals surface area contributed by atoms with Crippen LogP contribution in [0.5, 0.6) is 5.75 Å². The molecular formula is C15H20O2. The van der Waals surface area contributed by atoms with Gasteiger partial charge in [-0.05, 0) is 49.7 Å². The van der Waals surface area contributed by atoms with Gasteiger partial charge in [-0.15, -0.1) is 0 Å². The van der Waals surface area contributed by atoms with Crippen molar-refractivity contribution >= 4 is 0 Å². The minimum absolute atomic E-state index is 0.467. The lowest BCUT2D eigenvalue weighted by Gasteiger charge is -2.25. The van der Waals surface area contributed by atoms with Crippen molar-refractivity contribution in [2.24, 2.45) is 11.8 Å². The van der Waals surface area contributed by atoms with Gasteiger partial charge in [0.1, 0.15) is 5.75 Å². The largest absolute Gasteiger partial charge is 0.496 e. The molecule has 2 fully saturated rings. The SMILES string of the molecule is COc1ccc(C)cc1CC1(O)CCC2CC21. The third kappa shape index (κ3) is 1.85. The van der Waals surface area contributed by atoms with Crippen molar-refractivity contribution < 1.29 is 9.84 Å². The smallest absolute Gasteiger partial charge is 0.122 e. The Morgan fingerprint density at radius 2 is 2.29 bits per heavy atom. The number of aliphatic hydroxyl groups is 1. The highest BCUT2D eigenvalue weighted by molar-refractivity contribution is 5.38. The van der Waals surface area contributed by atoms with E-state index in [1.807, 2.05) is 6.07 Å². The molecule has 1 aromatic rings. The quantitative estimate of drug-likeness (QED) is 0.868. The second-order valence-electron chi connectivity index (χ2n) is 5.74. The molecule has 92 valence electrons. The fourth-order valence-corrected chi connectivity index (χ4v) is 3.44. The van der Waals surface area contributed by atoms with Gasteiger partial charge in [0, 0.05) is 6.42 Å². The molecule has 0 aliphatic heterocycles. The van der Waals surface area contributed by atoms with E-state index in [0.717, 1.165) is 30.1 Å². The van der Waals surface area contributed by atoms with Crippen LogP contribution in [0.4, 0.5) is 0 Å². The Labute approximate surface area is 103 Å². The molecule has 3 atom stereocenters. The Kier molecular flexibility index (Phi) is 2.44. The van der Waals surface area contributed by atoms with E-state index < -0.39 is 5.60 Å². The predicted molar refractivity (Wildman–Crippen MR) is 67.2 cm³/mol. The number of fused-ring (bicyclic) bond motifs is 1. The van der Waals surface area contributed by atoms with E-state index in [2.05, 4.69) is 19.1 Å². The first-order valence-corrected chi connectivity index (χ1v) is 6.48. The maximum absolute atomic E-state index is 10.7. The molecule has 2 aliphatic rings. The highest BCUT2D eigenvalue weighted by Crippen LogP contribution is 2.58. The van der Waals surface area contributed by atoms with Gasteiger partial charge < -0.3 is 9.84 Å². The van der Waals surface area contributed by atoms with Gasteiger partial charge in [-0.1, -0.05) is 17.7 Å². The second-order valence-corrected chi connectivity index (χ2v) is 5.74. The van der Waals surface area contributed by atoms with Crippen molar-refractivity contribution in [2.45, 2.75) is 38.2 Å². The number of benzene rings is 1. The van der Waals surface area contributed by atoms with Gasteiger partial charge in [-0.3, -0.25) is 0 Å². The Morgan fingerprint density at radius 1 is 1.47 bits per heavy atom. The van der Waals surface area contributed by atoms with E-state index in [9.17, 15) is 5.11 Å². The van der Waals surface area contributed by atoms with Gasteiger partial charge in [0.2, 0.25) is 0 Å². The third-order valence-corrected chi connectivity index (χ3v) is 4.49. The fraction of sp³-hybridized carbons (Fsp3) is 0.600. The topological polar surface area (TPSA) is 29.5 Å². The Balaban J connectivity index is 1.86. The number of rotatable bonds is 3. The van der Waals surface area contributed by atoms with Gasteiger partial charge in [-0.25, -0.2) is 0 Å². The van der Waals surface area contributed by atoms with E-state index in [4.69, 9.17) is 4.74 Å². The molecule has 2 nitrogen and oxygen atoms in total. The van der Waals surface area contributed by atoms with Crippen LogP contribution in [0.15, 0.2) is 18.2 Å². The maximum atomic E-state index is 10.7. The van der Waals surface area contributed by atoms with Crippen LogP contribution in [0.3, 0.4) is 0 Å². The fourth-order valence-electron chi connectivity index (χ4n) is 3.44. The van der Waals surface area contributed by atoms with Crippen molar-refractivity contribution in [3.8, 4) is 5.75 Å². The van der Waals surface area contributed by atoms with Crippen molar-refractivity contribution in [3.63, 3.8) is 0 Å². The van der Waals surface area contributed by atoms with E-state index in [-0.39, 0.29) is 0 Å². The molecule has 2 saturated carbocycles. The third-order valence-electron chi connectivity index (χ3n) is 4.49. The standard InChI is InChI=1S/C15H20O2/c1-10-3-4-14(17-2)12(7-10)9-15(16)6-5-11-8-13(11)15/h3-4,7,11,13,16H,5-6,8-9H2,1-2H3. The summed E-state index contributed by atoms with van der Waals surface area (Å²) < 4.78 is 5.39. The molecule has 0 amide bonds. The zero-order chi connectivity index (χ0) is 12.0. The van der Waals surface area contributed by atoms with Gasteiger partial charge in [0.05, 0.1) is 12.7 Å². The molecule has 0 bridgehead atoms. The predicted octanol–water partition coefficient (Wildman–Crippen LogP) is 2.71. The first-order chi connectivity index (χ1) is 8.12. The van der Waals surface area contributed by atoms with E-state index in [1.54, 1.807) is 7.11 Å². The molecule has 0 aromatic heterocycles. The van der Waals surface area contributed by atoms with Crippen LogP contribution < -0.4 is 4.74 Å². The summed E-state index contributed by atoms with van der Waals surface area (Å²) in [6, 6.07) is 6.21. The molecular weight excluding hydrogens is 212 g/mol. The number of hydrogen-bond donors (Lipinski definition) is 1.